The molecule has 0 heterocycles. The molecule has 0 bridgehead atoms. The van der Waals surface area contributed by atoms with Crippen LogP contribution in [-0.4, -0.2) is 5.00 Å². The predicted octanol–water partition coefficient (Wildman–Crippen LogP) is 2.51. The summed E-state index contributed by atoms with van der Waals surface area (Å²) in [4.78, 5) is -0.861. The van der Waals surface area contributed by atoms with Gasteiger partial charge in [-0.2, -0.15) is 0 Å². The van der Waals surface area contributed by atoms with Gasteiger partial charge in [0.05, 0.1) is 5.03 Å². The number of rotatable bonds is 0. The fourth-order valence-electron chi connectivity index (χ4n) is 0.898. The highest BCUT2D eigenvalue weighted by Crippen LogP contribution is 2.33. The molecule has 0 aromatic rings. The summed E-state index contributed by atoms with van der Waals surface area (Å²) in [5.41, 5.74) is 6.59. The van der Waals surface area contributed by atoms with E-state index in [0.717, 1.165) is 5.57 Å². The van der Waals surface area contributed by atoms with Crippen molar-refractivity contribution in [1.82, 2.24) is 6.15 Å². The van der Waals surface area contributed by atoms with E-state index in [-0.39, 0.29) is 6.15 Å². The van der Waals surface area contributed by atoms with Crippen LogP contribution in [0.2, 0.25) is 0 Å². The molecule has 1 aliphatic carbocycles. The topological polar surface area (TPSA) is 61.0 Å². The molecule has 0 aromatic carbocycles. The van der Waals surface area contributed by atoms with Crippen molar-refractivity contribution < 1.29 is 0 Å². The third kappa shape index (κ3) is 2.20. The van der Waals surface area contributed by atoms with Gasteiger partial charge >= 0.3 is 0 Å². The zero-order valence-electron chi connectivity index (χ0n) is 6.40. The summed E-state index contributed by atoms with van der Waals surface area (Å²) in [5.74, 6) is 0. The van der Waals surface area contributed by atoms with E-state index in [9.17, 15) is 0 Å². The van der Waals surface area contributed by atoms with Crippen LogP contribution in [0.15, 0.2) is 22.8 Å². The van der Waals surface area contributed by atoms with Gasteiger partial charge in [0.15, 0.2) is 0 Å². The lowest BCUT2D eigenvalue weighted by Crippen LogP contribution is -2.34. The summed E-state index contributed by atoms with van der Waals surface area (Å²) in [6, 6.07) is 0. The van der Waals surface area contributed by atoms with E-state index in [0.29, 0.717) is 11.5 Å². The van der Waals surface area contributed by atoms with Crippen molar-refractivity contribution in [2.45, 2.75) is 18.3 Å². The van der Waals surface area contributed by atoms with Crippen LogP contribution in [0.1, 0.15) is 13.3 Å². The second kappa shape index (κ2) is 3.59. The quantitative estimate of drug-likeness (QED) is 0.460. The van der Waals surface area contributed by atoms with Crippen LogP contribution in [0.4, 0.5) is 0 Å². The van der Waals surface area contributed by atoms with Crippen molar-refractivity contribution in [1.29, 1.82) is 0 Å². The SMILES string of the molecule is CC1=C(Cl)C(N)(Cl)CC=C1.N. The first kappa shape index (κ1) is 11.0. The molecule has 1 aliphatic rings. The van der Waals surface area contributed by atoms with Crippen LogP contribution in [-0.2, 0) is 0 Å². The van der Waals surface area contributed by atoms with Crippen LogP contribution < -0.4 is 11.9 Å². The number of allylic oxidation sites excluding steroid dienone is 2. The third-order valence-electron chi connectivity index (χ3n) is 1.49. The summed E-state index contributed by atoms with van der Waals surface area (Å²) in [6.45, 7) is 1.89. The predicted molar refractivity (Wildman–Crippen MR) is 50.1 cm³/mol. The molecule has 1 atom stereocenters. The Kier molecular flexibility index (Phi) is 3.58. The van der Waals surface area contributed by atoms with Crippen molar-refractivity contribution >= 4 is 23.2 Å². The van der Waals surface area contributed by atoms with E-state index in [2.05, 4.69) is 0 Å². The summed E-state index contributed by atoms with van der Waals surface area (Å²) < 4.78 is 0. The van der Waals surface area contributed by atoms with Gasteiger partial charge in [0.25, 0.3) is 0 Å². The van der Waals surface area contributed by atoms with Gasteiger partial charge in [0, 0.05) is 6.42 Å². The number of hydrogen-bond acceptors (Lipinski definition) is 2. The zero-order valence-corrected chi connectivity index (χ0v) is 7.91. The van der Waals surface area contributed by atoms with Gasteiger partial charge in [-0.1, -0.05) is 35.4 Å². The Morgan fingerprint density at radius 1 is 1.64 bits per heavy atom. The highest BCUT2D eigenvalue weighted by molar-refractivity contribution is 6.39. The highest BCUT2D eigenvalue weighted by atomic mass is 35.5. The molecule has 0 saturated heterocycles. The molecular weight excluding hydrogens is 183 g/mol. The molecule has 0 aliphatic heterocycles. The standard InChI is InChI=1S/C7H9Cl2N.H3N/c1-5-3-2-4-7(9,10)6(5)8;/h2-3H,4,10H2,1H3;1H3. The van der Waals surface area contributed by atoms with Gasteiger partial charge in [0.2, 0.25) is 0 Å². The minimum Gasteiger partial charge on any atom is -0.344 e. The first-order valence-electron chi connectivity index (χ1n) is 3.05. The second-order valence-corrected chi connectivity index (χ2v) is 3.52. The number of nitrogens with two attached hydrogens (primary N) is 1. The van der Waals surface area contributed by atoms with E-state index in [1.54, 1.807) is 0 Å². The maximum atomic E-state index is 5.85. The summed E-state index contributed by atoms with van der Waals surface area (Å²) in [7, 11) is 0. The van der Waals surface area contributed by atoms with Crippen molar-refractivity contribution in [3.05, 3.63) is 22.8 Å². The molecule has 5 N–H and O–H groups in total. The number of hydrogen-bond donors (Lipinski definition) is 2. The lowest BCUT2D eigenvalue weighted by atomic mass is 10.0. The van der Waals surface area contributed by atoms with E-state index < -0.39 is 5.00 Å². The lowest BCUT2D eigenvalue weighted by Gasteiger charge is -2.23. The zero-order chi connectivity index (χ0) is 7.78. The van der Waals surface area contributed by atoms with Crippen LogP contribution in [0.3, 0.4) is 0 Å². The molecular formula is C7H12Cl2N2. The summed E-state index contributed by atoms with van der Waals surface area (Å²) in [6.07, 6.45) is 4.45. The Labute approximate surface area is 76.6 Å². The van der Waals surface area contributed by atoms with Crippen molar-refractivity contribution in [3.8, 4) is 0 Å². The highest BCUT2D eigenvalue weighted by Gasteiger charge is 2.27. The molecule has 0 saturated carbocycles. The Hall–Kier alpha value is -0.0200. The molecule has 2 nitrogen and oxygen atoms in total. The molecule has 0 aromatic heterocycles. The van der Waals surface area contributed by atoms with E-state index in [1.807, 2.05) is 19.1 Å². The van der Waals surface area contributed by atoms with Crippen LogP contribution >= 0.6 is 23.2 Å². The van der Waals surface area contributed by atoms with E-state index in [4.69, 9.17) is 28.9 Å². The largest absolute Gasteiger partial charge is 0.344 e. The fourth-order valence-corrected chi connectivity index (χ4v) is 1.28. The average molecular weight is 195 g/mol. The minimum atomic E-state index is -0.861. The monoisotopic (exact) mass is 194 g/mol. The van der Waals surface area contributed by atoms with E-state index in [1.165, 1.54) is 0 Å². The van der Waals surface area contributed by atoms with Gasteiger partial charge in [-0.05, 0) is 12.5 Å². The lowest BCUT2D eigenvalue weighted by molar-refractivity contribution is 0.720. The van der Waals surface area contributed by atoms with E-state index >= 15 is 0 Å². The van der Waals surface area contributed by atoms with Gasteiger partial charge < -0.3 is 11.9 Å². The molecule has 0 spiro atoms. The first-order chi connectivity index (χ1) is 4.54. The van der Waals surface area contributed by atoms with Crippen LogP contribution in [0.5, 0.6) is 0 Å². The molecule has 0 radical (unpaired) electrons. The smallest absolute Gasteiger partial charge is 0.131 e. The summed E-state index contributed by atoms with van der Waals surface area (Å²) in [5, 5.41) is 0.552. The fraction of sp³-hybridized carbons (Fsp3) is 0.429. The Bertz CT molecular complexity index is 206. The van der Waals surface area contributed by atoms with Gasteiger partial charge in [0.1, 0.15) is 5.00 Å². The van der Waals surface area contributed by atoms with Gasteiger partial charge in [-0.25, -0.2) is 0 Å². The molecule has 64 valence electrons. The minimum absolute atomic E-state index is 0. The van der Waals surface area contributed by atoms with Gasteiger partial charge in [-0.15, -0.1) is 0 Å². The Morgan fingerprint density at radius 2 is 2.18 bits per heavy atom. The molecule has 4 heteroatoms. The van der Waals surface area contributed by atoms with Crippen LogP contribution in [0, 0.1) is 0 Å². The molecule has 1 unspecified atom stereocenters. The summed E-state index contributed by atoms with van der Waals surface area (Å²) >= 11 is 11.7. The molecule has 11 heavy (non-hydrogen) atoms. The third-order valence-corrected chi connectivity index (χ3v) is 2.57. The maximum Gasteiger partial charge on any atom is 0.131 e. The van der Waals surface area contributed by atoms with Crippen molar-refractivity contribution in [3.63, 3.8) is 0 Å². The first-order valence-corrected chi connectivity index (χ1v) is 3.81. The molecule has 0 amide bonds. The average Bonchev–Trinajstić information content (AvgIpc) is 1.83. The van der Waals surface area contributed by atoms with Gasteiger partial charge in [-0.3, -0.25) is 0 Å². The normalized spacial score (nSPS) is 30.2. The molecule has 1 rings (SSSR count). The second-order valence-electron chi connectivity index (χ2n) is 2.47. The van der Waals surface area contributed by atoms with Crippen LogP contribution in [0.25, 0.3) is 0 Å². The number of alkyl halides is 1. The van der Waals surface area contributed by atoms with Crippen molar-refractivity contribution in [2.75, 3.05) is 0 Å². The number of halogens is 2. The Morgan fingerprint density at radius 3 is 2.55 bits per heavy atom. The molecule has 0 fully saturated rings. The van der Waals surface area contributed by atoms with Crippen molar-refractivity contribution in [2.24, 2.45) is 5.73 Å². The Balaban J connectivity index is 0.000001000. The maximum absolute atomic E-state index is 5.85.